The summed E-state index contributed by atoms with van der Waals surface area (Å²) in [6, 6.07) is -3.63. The van der Waals surface area contributed by atoms with Crippen molar-refractivity contribution in [1.82, 2.24) is 10.6 Å². The lowest BCUT2D eigenvalue weighted by atomic mass is 9.97. The SMILES string of the molecule is CC[C@H](C)[C@H](NC(=O)[C@@H](N)CO)C(=O)N[C@@H](CO)C(=O)O. The first-order chi connectivity index (χ1) is 9.78. The predicted molar refractivity (Wildman–Crippen MR) is 73.1 cm³/mol. The Hall–Kier alpha value is -1.71. The Morgan fingerprint density at radius 3 is 2.05 bits per heavy atom. The average Bonchev–Trinajstić information content (AvgIpc) is 2.47. The molecule has 9 nitrogen and oxygen atoms in total. The van der Waals surface area contributed by atoms with Gasteiger partial charge in [-0.1, -0.05) is 20.3 Å². The maximum Gasteiger partial charge on any atom is 0.328 e. The van der Waals surface area contributed by atoms with Gasteiger partial charge in [-0.15, -0.1) is 0 Å². The molecule has 122 valence electrons. The molecule has 0 bridgehead atoms. The van der Waals surface area contributed by atoms with Crippen LogP contribution < -0.4 is 16.4 Å². The second-order valence-corrected chi connectivity index (χ2v) is 4.74. The number of carbonyl (C=O) groups excluding carboxylic acids is 2. The number of aliphatic carboxylic acids is 1. The molecule has 21 heavy (non-hydrogen) atoms. The summed E-state index contributed by atoms with van der Waals surface area (Å²) in [5, 5.41) is 31.0. The van der Waals surface area contributed by atoms with Crippen LogP contribution >= 0.6 is 0 Å². The van der Waals surface area contributed by atoms with Crippen molar-refractivity contribution in [2.24, 2.45) is 11.7 Å². The van der Waals surface area contributed by atoms with Crippen LogP contribution in [0.4, 0.5) is 0 Å². The lowest BCUT2D eigenvalue weighted by Gasteiger charge is -2.25. The molecule has 0 fully saturated rings. The Bertz CT molecular complexity index is 376. The van der Waals surface area contributed by atoms with E-state index < -0.39 is 49.1 Å². The number of carboxylic acids is 1. The minimum atomic E-state index is -1.45. The van der Waals surface area contributed by atoms with Gasteiger partial charge in [0.2, 0.25) is 11.8 Å². The smallest absolute Gasteiger partial charge is 0.328 e. The van der Waals surface area contributed by atoms with Crippen molar-refractivity contribution in [2.75, 3.05) is 13.2 Å². The Kier molecular flexibility index (Phi) is 8.51. The number of rotatable bonds is 9. The van der Waals surface area contributed by atoms with Gasteiger partial charge in [-0.2, -0.15) is 0 Å². The fourth-order valence-electron chi connectivity index (χ4n) is 1.49. The highest BCUT2D eigenvalue weighted by atomic mass is 16.4. The molecule has 0 unspecified atom stereocenters. The summed E-state index contributed by atoms with van der Waals surface area (Å²) < 4.78 is 0. The molecule has 0 aromatic heterocycles. The molecule has 0 aliphatic heterocycles. The number of nitrogens with one attached hydrogen (secondary N) is 2. The molecule has 0 aromatic carbocycles. The van der Waals surface area contributed by atoms with Gasteiger partial charge >= 0.3 is 5.97 Å². The lowest BCUT2D eigenvalue weighted by Crippen LogP contribution is -2.57. The van der Waals surface area contributed by atoms with E-state index in [0.29, 0.717) is 6.42 Å². The molecule has 4 atom stereocenters. The number of carboxylic acid groups (broad SMARTS) is 1. The van der Waals surface area contributed by atoms with Crippen LogP contribution in [0.2, 0.25) is 0 Å². The van der Waals surface area contributed by atoms with Crippen LogP contribution in [-0.2, 0) is 14.4 Å². The molecule has 0 saturated heterocycles. The van der Waals surface area contributed by atoms with Gasteiger partial charge in [-0.3, -0.25) is 9.59 Å². The van der Waals surface area contributed by atoms with Crippen molar-refractivity contribution < 1.29 is 29.7 Å². The third-order valence-electron chi connectivity index (χ3n) is 3.12. The zero-order chi connectivity index (χ0) is 16.6. The van der Waals surface area contributed by atoms with Crippen LogP contribution in [0.15, 0.2) is 0 Å². The second-order valence-electron chi connectivity index (χ2n) is 4.74. The first-order valence-electron chi connectivity index (χ1n) is 6.59. The largest absolute Gasteiger partial charge is 0.480 e. The molecule has 0 rings (SSSR count). The van der Waals surface area contributed by atoms with Gasteiger partial charge < -0.3 is 31.7 Å². The van der Waals surface area contributed by atoms with Gasteiger partial charge in [0, 0.05) is 0 Å². The van der Waals surface area contributed by atoms with E-state index in [4.69, 9.17) is 21.1 Å². The molecule has 9 heteroatoms. The van der Waals surface area contributed by atoms with Crippen LogP contribution in [0.5, 0.6) is 0 Å². The number of amides is 2. The summed E-state index contributed by atoms with van der Waals surface area (Å²) in [6.07, 6.45) is 0.545. The highest BCUT2D eigenvalue weighted by molar-refractivity contribution is 5.92. The molecule has 0 spiro atoms. The second kappa shape index (κ2) is 9.27. The highest BCUT2D eigenvalue weighted by Crippen LogP contribution is 2.08. The Morgan fingerprint density at radius 1 is 1.10 bits per heavy atom. The fourth-order valence-corrected chi connectivity index (χ4v) is 1.49. The number of carbonyl (C=O) groups is 3. The monoisotopic (exact) mass is 305 g/mol. The van der Waals surface area contributed by atoms with E-state index in [2.05, 4.69) is 10.6 Å². The number of nitrogens with two attached hydrogens (primary N) is 1. The van der Waals surface area contributed by atoms with Gasteiger partial charge in [-0.25, -0.2) is 4.79 Å². The van der Waals surface area contributed by atoms with E-state index in [1.807, 2.05) is 0 Å². The summed E-state index contributed by atoms with van der Waals surface area (Å²) in [7, 11) is 0. The number of hydrogen-bond acceptors (Lipinski definition) is 6. The van der Waals surface area contributed by atoms with E-state index in [0.717, 1.165) is 0 Å². The van der Waals surface area contributed by atoms with Crippen LogP contribution in [0.3, 0.4) is 0 Å². The van der Waals surface area contributed by atoms with Crippen molar-refractivity contribution in [1.29, 1.82) is 0 Å². The highest BCUT2D eigenvalue weighted by Gasteiger charge is 2.30. The van der Waals surface area contributed by atoms with E-state index >= 15 is 0 Å². The third kappa shape index (κ3) is 6.06. The quantitative estimate of drug-likeness (QED) is 0.272. The van der Waals surface area contributed by atoms with Gasteiger partial charge in [0.15, 0.2) is 0 Å². The summed E-state index contributed by atoms with van der Waals surface area (Å²) in [5.41, 5.74) is 5.35. The minimum absolute atomic E-state index is 0.284. The van der Waals surface area contributed by atoms with Crippen molar-refractivity contribution in [3.05, 3.63) is 0 Å². The van der Waals surface area contributed by atoms with Crippen LogP contribution in [-0.4, -0.2) is 64.4 Å². The van der Waals surface area contributed by atoms with Crippen LogP contribution in [0, 0.1) is 5.92 Å². The maximum absolute atomic E-state index is 12.1. The molecule has 0 aliphatic carbocycles. The lowest BCUT2D eigenvalue weighted by molar-refractivity contribution is -0.143. The Balaban J connectivity index is 4.94. The first-order valence-corrected chi connectivity index (χ1v) is 6.59. The molecule has 0 radical (unpaired) electrons. The molecule has 2 amide bonds. The summed E-state index contributed by atoms with van der Waals surface area (Å²) in [6.45, 7) is 2.15. The normalized spacial score (nSPS) is 16.4. The maximum atomic E-state index is 12.1. The average molecular weight is 305 g/mol. The summed E-state index contributed by atoms with van der Waals surface area (Å²) in [4.78, 5) is 34.5. The summed E-state index contributed by atoms with van der Waals surface area (Å²) >= 11 is 0. The van der Waals surface area contributed by atoms with Crippen molar-refractivity contribution in [3.8, 4) is 0 Å². The predicted octanol–water partition coefficient (Wildman–Crippen LogP) is -2.60. The van der Waals surface area contributed by atoms with Crippen molar-refractivity contribution in [2.45, 2.75) is 38.4 Å². The number of aliphatic hydroxyl groups excluding tert-OH is 2. The van der Waals surface area contributed by atoms with Gasteiger partial charge in [0.1, 0.15) is 18.1 Å². The van der Waals surface area contributed by atoms with E-state index in [1.165, 1.54) is 0 Å². The zero-order valence-electron chi connectivity index (χ0n) is 12.1. The van der Waals surface area contributed by atoms with E-state index in [9.17, 15) is 14.4 Å². The Labute approximate surface area is 122 Å². The molecular weight excluding hydrogens is 282 g/mol. The number of aliphatic hydroxyl groups is 2. The first kappa shape index (κ1) is 19.3. The topological polar surface area (TPSA) is 162 Å². The van der Waals surface area contributed by atoms with Gasteiger partial charge in [0.05, 0.1) is 13.2 Å². The molecule has 0 heterocycles. The van der Waals surface area contributed by atoms with Crippen LogP contribution in [0.25, 0.3) is 0 Å². The molecule has 0 aliphatic rings. The van der Waals surface area contributed by atoms with Crippen molar-refractivity contribution in [3.63, 3.8) is 0 Å². The van der Waals surface area contributed by atoms with E-state index in [1.54, 1.807) is 13.8 Å². The Morgan fingerprint density at radius 2 is 1.67 bits per heavy atom. The standard InChI is InChI=1S/C12H23N3O6/c1-3-6(2)9(15-10(18)7(13)4-16)11(19)14-8(5-17)12(20)21/h6-9,16-17H,3-5,13H2,1-2H3,(H,14,19)(H,15,18)(H,20,21)/t6-,7-,8-,9-/m0/s1. The van der Waals surface area contributed by atoms with Crippen molar-refractivity contribution >= 4 is 17.8 Å². The molecule has 7 N–H and O–H groups in total. The summed E-state index contributed by atoms with van der Waals surface area (Å²) in [5.74, 6) is -3.11. The van der Waals surface area contributed by atoms with Gasteiger partial charge in [-0.05, 0) is 5.92 Å². The third-order valence-corrected chi connectivity index (χ3v) is 3.12. The fraction of sp³-hybridized carbons (Fsp3) is 0.750. The number of hydrogen-bond donors (Lipinski definition) is 6. The van der Waals surface area contributed by atoms with E-state index in [-0.39, 0.29) is 5.92 Å². The minimum Gasteiger partial charge on any atom is -0.480 e. The molecule has 0 saturated carbocycles. The molecular formula is C12H23N3O6. The van der Waals surface area contributed by atoms with Gasteiger partial charge in [0.25, 0.3) is 0 Å². The van der Waals surface area contributed by atoms with Crippen LogP contribution in [0.1, 0.15) is 20.3 Å². The zero-order valence-corrected chi connectivity index (χ0v) is 12.1. The molecule has 0 aromatic rings.